The molecule has 15 heavy (non-hydrogen) atoms. The van der Waals surface area contributed by atoms with Crippen LogP contribution in [-0.2, 0) is 33.9 Å². The van der Waals surface area contributed by atoms with Gasteiger partial charge in [0, 0.05) is 0 Å². The third-order valence-electron chi connectivity index (χ3n) is 2.44. The van der Waals surface area contributed by atoms with Crippen molar-refractivity contribution in [2.45, 2.75) is 0 Å². The minimum absolute atomic E-state index is 0. The molecular formula is C10H12N4Os. The smallest absolute Gasteiger partial charge is 0.454 e. The van der Waals surface area contributed by atoms with Crippen molar-refractivity contribution < 1.29 is 19.8 Å². The minimum Gasteiger partial charge on any atom is -0.454 e. The van der Waals surface area contributed by atoms with Crippen molar-refractivity contribution in [2.24, 2.45) is 14.1 Å². The molecule has 0 aromatic rings. The molecule has 0 atom stereocenters. The zero-order valence-electron chi connectivity index (χ0n) is 8.61. The Labute approximate surface area is 101 Å². The summed E-state index contributed by atoms with van der Waals surface area (Å²) in [6.07, 6.45) is 8.31. The zero-order valence-corrected chi connectivity index (χ0v) is 11.1. The number of hydrogen-bond donors (Lipinski definition) is 0. The predicted molar refractivity (Wildman–Crippen MR) is 54.2 cm³/mol. The van der Waals surface area contributed by atoms with E-state index in [9.17, 15) is 0 Å². The molecule has 80 valence electrons. The van der Waals surface area contributed by atoms with E-state index < -0.39 is 0 Å². The summed E-state index contributed by atoms with van der Waals surface area (Å²) in [4.78, 5) is 0. The van der Waals surface area contributed by atoms with Gasteiger partial charge in [-0.1, -0.05) is 11.4 Å². The van der Waals surface area contributed by atoms with Crippen LogP contribution in [0.4, 0.5) is 0 Å². The van der Waals surface area contributed by atoms with Gasteiger partial charge in [0.15, 0.2) is 0 Å². The van der Waals surface area contributed by atoms with Crippen LogP contribution < -0.4 is 0 Å². The summed E-state index contributed by atoms with van der Waals surface area (Å²) >= 11 is 0. The molecule has 0 N–H and O–H groups in total. The van der Waals surface area contributed by atoms with Crippen molar-refractivity contribution in [3.63, 3.8) is 0 Å². The van der Waals surface area contributed by atoms with Crippen LogP contribution in [0.1, 0.15) is 0 Å². The fraction of sp³-hybridized carbons (Fsp3) is 0.200. The van der Waals surface area contributed by atoms with Crippen LogP contribution in [-0.4, -0.2) is 18.5 Å². The summed E-state index contributed by atoms with van der Waals surface area (Å²) in [5.74, 6) is 0. The van der Waals surface area contributed by atoms with Crippen LogP contribution in [0.2, 0.25) is 0 Å². The molecule has 0 saturated heterocycles. The predicted octanol–water partition coefficient (Wildman–Crippen LogP) is 1.38. The summed E-state index contributed by atoms with van der Waals surface area (Å²) < 4.78 is 8.34. The van der Waals surface area contributed by atoms with Gasteiger partial charge in [0.25, 0.3) is 0 Å². The van der Waals surface area contributed by atoms with Gasteiger partial charge in [-0.2, -0.15) is 0 Å². The summed E-state index contributed by atoms with van der Waals surface area (Å²) in [6, 6.07) is 4.24. The first-order valence-electron chi connectivity index (χ1n) is 4.58. The Hall–Kier alpha value is -1.20. The molecule has 3 rings (SSSR count). The second kappa shape index (κ2) is 3.43. The van der Waals surface area contributed by atoms with Crippen molar-refractivity contribution in [3.8, 4) is 11.4 Å². The molecule has 5 heteroatoms. The second-order valence-electron chi connectivity index (χ2n) is 3.69. The van der Waals surface area contributed by atoms with E-state index in [2.05, 4.69) is 55.7 Å². The summed E-state index contributed by atoms with van der Waals surface area (Å²) in [6.45, 7) is 0. The third-order valence-corrected chi connectivity index (χ3v) is 2.44. The van der Waals surface area contributed by atoms with Gasteiger partial charge >= 0.3 is 19.8 Å². The van der Waals surface area contributed by atoms with E-state index in [1.807, 2.05) is 14.1 Å². The van der Waals surface area contributed by atoms with Gasteiger partial charge in [0.2, 0.25) is 0 Å². The zero-order chi connectivity index (χ0) is 9.71. The Kier molecular flexibility index (Phi) is 2.36. The Morgan fingerprint density at radius 1 is 0.867 bits per heavy atom. The molecule has 0 saturated carbocycles. The monoisotopic (exact) mass is 380 g/mol. The maximum atomic E-state index is 2.12. The van der Waals surface area contributed by atoms with E-state index in [0.717, 1.165) is 0 Å². The van der Waals surface area contributed by atoms with Gasteiger partial charge in [0.1, 0.15) is 0 Å². The number of hydrogen-bond acceptors (Lipinski definition) is 0. The summed E-state index contributed by atoms with van der Waals surface area (Å²) in [5, 5.41) is 0. The van der Waals surface area contributed by atoms with Crippen LogP contribution in [0.15, 0.2) is 37.2 Å². The molecule has 4 nitrogen and oxygen atoms in total. The molecule has 3 heterocycles. The van der Waals surface area contributed by atoms with Crippen molar-refractivity contribution in [3.05, 3.63) is 37.2 Å². The van der Waals surface area contributed by atoms with Gasteiger partial charge < -0.3 is 18.5 Å². The standard InChI is InChI=1S/C10H12N4.Os/c1-11-5-9-3-4-10-6-12(2)8-14(10)13(9)7-11;/h3-8H,1-2H3;/q-2;+2. The first kappa shape index (κ1) is 10.3. The minimum atomic E-state index is 0. The van der Waals surface area contributed by atoms with Crippen molar-refractivity contribution in [1.82, 2.24) is 18.5 Å². The number of imidazole rings is 2. The number of fused-ring (bicyclic) bond motifs is 3. The molecule has 0 amide bonds. The normalized spacial score (nSPS) is 10.8. The van der Waals surface area contributed by atoms with Gasteiger partial charge in [-0.3, -0.25) is 0 Å². The van der Waals surface area contributed by atoms with Crippen LogP contribution in [0, 0.1) is 0 Å². The molecule has 3 aliphatic rings. The van der Waals surface area contributed by atoms with E-state index in [0.29, 0.717) is 0 Å². The average Bonchev–Trinajstić information content (AvgIpc) is 2.65. The first-order chi connectivity index (χ1) is 6.74. The molecule has 3 aliphatic heterocycles. The number of aryl methyl sites for hydroxylation is 2. The molecule has 0 aromatic heterocycles. The Bertz CT molecular complexity index is 490. The summed E-state index contributed by atoms with van der Waals surface area (Å²) in [7, 11) is 4.06. The Morgan fingerprint density at radius 3 is 1.67 bits per heavy atom. The average molecular weight is 378 g/mol. The van der Waals surface area contributed by atoms with E-state index in [4.69, 9.17) is 0 Å². The van der Waals surface area contributed by atoms with Crippen molar-refractivity contribution in [2.75, 3.05) is 0 Å². The van der Waals surface area contributed by atoms with E-state index in [-0.39, 0.29) is 19.8 Å². The van der Waals surface area contributed by atoms with E-state index in [1.54, 1.807) is 0 Å². The van der Waals surface area contributed by atoms with Crippen molar-refractivity contribution >= 4 is 0 Å². The molecular weight excluding hydrogens is 366 g/mol. The Balaban J connectivity index is 0.000000853. The van der Waals surface area contributed by atoms with Crippen molar-refractivity contribution in [1.29, 1.82) is 0 Å². The fourth-order valence-electron chi connectivity index (χ4n) is 1.85. The quantitative estimate of drug-likeness (QED) is 0.527. The molecule has 0 spiro atoms. The fourth-order valence-corrected chi connectivity index (χ4v) is 1.85. The molecule has 0 aliphatic carbocycles. The first-order valence-corrected chi connectivity index (χ1v) is 4.58. The van der Waals surface area contributed by atoms with Gasteiger partial charge in [-0.25, -0.2) is 0 Å². The van der Waals surface area contributed by atoms with Gasteiger partial charge in [0.05, 0.1) is 0 Å². The maximum Gasteiger partial charge on any atom is 2.00 e. The maximum absolute atomic E-state index is 2.12. The van der Waals surface area contributed by atoms with E-state index >= 15 is 0 Å². The van der Waals surface area contributed by atoms with Crippen LogP contribution in [0.5, 0.6) is 0 Å². The largest absolute Gasteiger partial charge is 2.00 e. The number of rotatable bonds is 0. The van der Waals surface area contributed by atoms with Gasteiger partial charge in [-0.05, 0) is 26.7 Å². The topological polar surface area (TPSA) is 19.7 Å². The SMILES string of the molecule is Cn1cc2ccc3cn(C)[cH-]n-3n-2[cH-]1.[Os+2]. The molecule has 0 aromatic carbocycles. The number of nitrogens with zero attached hydrogens (tertiary/aromatic N) is 4. The molecule has 0 bridgehead atoms. The number of aromatic nitrogens is 4. The molecule has 0 radical (unpaired) electrons. The molecule has 0 unspecified atom stereocenters. The van der Waals surface area contributed by atoms with Crippen LogP contribution >= 0.6 is 0 Å². The van der Waals surface area contributed by atoms with Crippen LogP contribution in [0.3, 0.4) is 0 Å². The third kappa shape index (κ3) is 1.48. The second-order valence-corrected chi connectivity index (χ2v) is 3.69. The Morgan fingerprint density at radius 2 is 1.27 bits per heavy atom. The van der Waals surface area contributed by atoms with E-state index in [1.165, 1.54) is 11.4 Å². The summed E-state index contributed by atoms with van der Waals surface area (Å²) in [5.41, 5.74) is 2.38. The van der Waals surface area contributed by atoms with Crippen LogP contribution in [0.25, 0.3) is 11.4 Å². The molecule has 0 fully saturated rings. The van der Waals surface area contributed by atoms with Gasteiger partial charge in [-0.15, -0.1) is 24.5 Å².